The lowest BCUT2D eigenvalue weighted by atomic mass is 9.58. The fourth-order valence-corrected chi connectivity index (χ4v) is 6.04. The predicted octanol–water partition coefficient (Wildman–Crippen LogP) is 2.61. The minimum absolute atomic E-state index is 0.000561. The highest BCUT2D eigenvalue weighted by molar-refractivity contribution is 6.02. The van der Waals surface area contributed by atoms with Crippen molar-refractivity contribution in [3.8, 4) is 0 Å². The van der Waals surface area contributed by atoms with Gasteiger partial charge in [-0.15, -0.1) is 0 Å². The number of rotatable bonds is 1. The quantitative estimate of drug-likeness (QED) is 0.782. The van der Waals surface area contributed by atoms with Crippen molar-refractivity contribution in [1.29, 1.82) is 0 Å². The van der Waals surface area contributed by atoms with Gasteiger partial charge in [0.15, 0.2) is 0 Å². The number of fused-ring (bicyclic) bond motifs is 3. The molecule has 6 rings (SSSR count). The maximum Gasteiger partial charge on any atom is 0.255 e. The number of nitrogens with one attached hydrogen (secondary N) is 2. The third-order valence-electron chi connectivity index (χ3n) is 7.19. The molecule has 6 nitrogen and oxygen atoms in total. The van der Waals surface area contributed by atoms with E-state index in [1.54, 1.807) is 0 Å². The molecule has 2 heterocycles. The Morgan fingerprint density at radius 3 is 2.61 bits per heavy atom. The van der Waals surface area contributed by atoms with Crippen LogP contribution in [0.1, 0.15) is 49.9 Å². The van der Waals surface area contributed by atoms with Crippen LogP contribution in [0, 0.1) is 17.8 Å². The van der Waals surface area contributed by atoms with E-state index in [2.05, 4.69) is 10.6 Å². The molecule has 1 saturated heterocycles. The third kappa shape index (κ3) is 2.81. The zero-order chi connectivity index (χ0) is 19.5. The molecule has 2 aliphatic heterocycles. The average molecular weight is 383 g/mol. The normalized spacial score (nSPS) is 39.3. The maximum absolute atomic E-state index is 13.3. The molecular formula is C22H29N3O3. The molecule has 1 aromatic rings. The lowest BCUT2D eigenvalue weighted by Crippen LogP contribution is -2.68. The van der Waals surface area contributed by atoms with Crippen molar-refractivity contribution in [3.05, 3.63) is 29.8 Å². The van der Waals surface area contributed by atoms with E-state index in [0.717, 1.165) is 31.4 Å². The molecule has 4 fully saturated rings. The summed E-state index contributed by atoms with van der Waals surface area (Å²) in [5.74, 6) is 0.941. The van der Waals surface area contributed by atoms with Gasteiger partial charge >= 0.3 is 0 Å². The van der Waals surface area contributed by atoms with Crippen LogP contribution >= 0.6 is 0 Å². The summed E-state index contributed by atoms with van der Waals surface area (Å²) in [5.41, 5.74) is 1.22. The topological polar surface area (TPSA) is 70.7 Å². The summed E-state index contributed by atoms with van der Waals surface area (Å²) in [6.45, 7) is 5.45. The van der Waals surface area contributed by atoms with Gasteiger partial charge in [-0.25, -0.2) is 0 Å². The molecule has 2 bridgehead atoms. The Kier molecular flexibility index (Phi) is 4.16. The van der Waals surface area contributed by atoms with Crippen LogP contribution in [0.15, 0.2) is 24.3 Å². The van der Waals surface area contributed by atoms with Crippen LogP contribution in [0.5, 0.6) is 0 Å². The minimum Gasteiger partial charge on any atom is -0.372 e. The molecule has 6 heteroatoms. The van der Waals surface area contributed by atoms with Crippen molar-refractivity contribution in [2.24, 2.45) is 17.8 Å². The molecule has 0 radical (unpaired) electrons. The first-order valence-corrected chi connectivity index (χ1v) is 10.6. The molecule has 3 aliphatic carbocycles. The first-order valence-electron chi connectivity index (χ1n) is 10.6. The van der Waals surface area contributed by atoms with Crippen LogP contribution in [-0.4, -0.2) is 47.7 Å². The Labute approximate surface area is 166 Å². The summed E-state index contributed by atoms with van der Waals surface area (Å²) in [6, 6.07) is 7.70. The van der Waals surface area contributed by atoms with Gasteiger partial charge in [0.1, 0.15) is 5.66 Å². The van der Waals surface area contributed by atoms with Crippen LogP contribution in [0.3, 0.4) is 0 Å². The van der Waals surface area contributed by atoms with Gasteiger partial charge in [0, 0.05) is 30.6 Å². The van der Waals surface area contributed by atoms with Gasteiger partial charge in [-0.1, -0.05) is 12.1 Å². The number of ether oxygens (including phenoxy) is 1. The Balaban J connectivity index is 1.36. The molecule has 1 spiro atoms. The van der Waals surface area contributed by atoms with Crippen molar-refractivity contribution in [2.75, 3.05) is 18.4 Å². The number of anilines is 1. The summed E-state index contributed by atoms with van der Waals surface area (Å²) in [5, 5.41) is 6.93. The van der Waals surface area contributed by atoms with Crippen molar-refractivity contribution in [3.63, 3.8) is 0 Å². The van der Waals surface area contributed by atoms with Crippen LogP contribution in [-0.2, 0) is 9.53 Å². The van der Waals surface area contributed by atoms with Crippen molar-refractivity contribution in [1.82, 2.24) is 10.2 Å². The maximum atomic E-state index is 13.3. The molecule has 28 heavy (non-hydrogen) atoms. The zero-order valence-corrected chi connectivity index (χ0v) is 16.6. The molecule has 2 amide bonds. The highest BCUT2D eigenvalue weighted by Gasteiger charge is 2.55. The SMILES string of the molecule is CC1CN(C(=O)C2CC3CCC2C[C@@]32NC(=O)c3ccccc3N2)CC(C)O1. The molecule has 5 unspecified atom stereocenters. The molecule has 3 saturated carbocycles. The predicted molar refractivity (Wildman–Crippen MR) is 106 cm³/mol. The number of benzene rings is 1. The molecule has 5 aliphatic rings. The minimum atomic E-state index is -0.406. The van der Waals surface area contributed by atoms with Crippen molar-refractivity contribution in [2.45, 2.75) is 57.4 Å². The molecule has 1 aromatic carbocycles. The summed E-state index contributed by atoms with van der Waals surface area (Å²) < 4.78 is 5.80. The van der Waals surface area contributed by atoms with E-state index in [1.807, 2.05) is 43.0 Å². The van der Waals surface area contributed by atoms with Gasteiger partial charge < -0.3 is 20.3 Å². The number of hydrogen-bond donors (Lipinski definition) is 2. The zero-order valence-electron chi connectivity index (χ0n) is 16.6. The second-order valence-electron chi connectivity index (χ2n) is 9.18. The van der Waals surface area contributed by atoms with Crippen LogP contribution in [0.25, 0.3) is 0 Å². The second kappa shape index (κ2) is 6.48. The second-order valence-corrected chi connectivity index (χ2v) is 9.18. The molecule has 0 aromatic heterocycles. The van der Waals surface area contributed by atoms with Gasteiger partial charge in [0.05, 0.1) is 17.8 Å². The first-order chi connectivity index (χ1) is 13.4. The summed E-state index contributed by atoms with van der Waals surface area (Å²) >= 11 is 0. The number of para-hydroxylation sites is 1. The smallest absolute Gasteiger partial charge is 0.255 e. The highest BCUT2D eigenvalue weighted by atomic mass is 16.5. The fourth-order valence-electron chi connectivity index (χ4n) is 6.04. The average Bonchev–Trinajstić information content (AvgIpc) is 2.67. The van der Waals surface area contributed by atoms with E-state index in [-0.39, 0.29) is 35.9 Å². The lowest BCUT2D eigenvalue weighted by molar-refractivity contribution is -0.154. The fraction of sp³-hybridized carbons (Fsp3) is 0.636. The highest BCUT2D eigenvalue weighted by Crippen LogP contribution is 2.52. The van der Waals surface area contributed by atoms with E-state index >= 15 is 0 Å². The van der Waals surface area contributed by atoms with Gasteiger partial charge in [-0.05, 0) is 57.6 Å². The van der Waals surface area contributed by atoms with Crippen LogP contribution < -0.4 is 10.6 Å². The van der Waals surface area contributed by atoms with E-state index < -0.39 is 5.66 Å². The Morgan fingerprint density at radius 2 is 1.89 bits per heavy atom. The number of morpholine rings is 1. The summed E-state index contributed by atoms with van der Waals surface area (Å²) in [4.78, 5) is 28.1. The van der Waals surface area contributed by atoms with E-state index in [0.29, 0.717) is 24.6 Å². The molecule has 2 N–H and O–H groups in total. The number of hydrogen-bond acceptors (Lipinski definition) is 4. The largest absolute Gasteiger partial charge is 0.372 e. The van der Waals surface area contributed by atoms with Gasteiger partial charge in [-0.3, -0.25) is 9.59 Å². The van der Waals surface area contributed by atoms with Gasteiger partial charge in [-0.2, -0.15) is 0 Å². The number of amides is 2. The Bertz CT molecular complexity index is 802. The van der Waals surface area contributed by atoms with E-state index in [9.17, 15) is 9.59 Å². The van der Waals surface area contributed by atoms with Crippen molar-refractivity contribution < 1.29 is 14.3 Å². The van der Waals surface area contributed by atoms with Crippen LogP contribution in [0.2, 0.25) is 0 Å². The molecule has 150 valence electrons. The van der Waals surface area contributed by atoms with Gasteiger partial charge in [0.2, 0.25) is 5.91 Å². The summed E-state index contributed by atoms with van der Waals surface area (Å²) in [6.07, 6.45) is 3.98. The molecule has 6 atom stereocenters. The summed E-state index contributed by atoms with van der Waals surface area (Å²) in [7, 11) is 0. The molecular weight excluding hydrogens is 354 g/mol. The lowest BCUT2D eigenvalue weighted by Gasteiger charge is -2.57. The first kappa shape index (κ1) is 18.0. The standard InChI is InChI=1S/C22H29N3O3/c1-13-11-25(12-14(2)28-13)21(27)18-9-16-8-7-15(18)10-22(16)23-19-6-4-3-5-17(19)20(26)24-22/h3-6,13-16,18,23H,7-12H2,1-2H3,(H,24,26)/t13?,14?,15?,16?,18?,22-/m1/s1. The number of carbonyl (C=O) groups is 2. The van der Waals surface area contributed by atoms with E-state index in [4.69, 9.17) is 4.74 Å². The van der Waals surface area contributed by atoms with Crippen molar-refractivity contribution >= 4 is 17.5 Å². The number of carbonyl (C=O) groups excluding carboxylic acids is 2. The number of nitrogens with zero attached hydrogens (tertiary/aromatic N) is 1. The monoisotopic (exact) mass is 383 g/mol. The van der Waals surface area contributed by atoms with Crippen LogP contribution in [0.4, 0.5) is 5.69 Å². The van der Waals surface area contributed by atoms with E-state index in [1.165, 1.54) is 0 Å². The van der Waals surface area contributed by atoms with Gasteiger partial charge in [0.25, 0.3) is 5.91 Å². The third-order valence-corrected chi connectivity index (χ3v) is 7.19. The Hall–Kier alpha value is -2.08. The Morgan fingerprint density at radius 1 is 1.14 bits per heavy atom.